The molecule has 0 unspecified atom stereocenters. The normalized spacial score (nSPS) is 10.3. The number of thiazole rings is 1. The molecule has 2 rings (SSSR count). The van der Waals surface area contributed by atoms with Gasteiger partial charge in [-0.3, -0.25) is 0 Å². The molecule has 0 bridgehead atoms. The van der Waals surface area contributed by atoms with E-state index in [1.54, 1.807) is 11.3 Å². The Hall–Kier alpha value is -2.16. The van der Waals surface area contributed by atoms with Gasteiger partial charge in [0.05, 0.1) is 5.69 Å². The van der Waals surface area contributed by atoms with Crippen LogP contribution in [0, 0.1) is 6.92 Å². The quantitative estimate of drug-likeness (QED) is 0.595. The molecule has 1 aromatic heterocycles. The second kappa shape index (κ2) is 11.5. The van der Waals surface area contributed by atoms with Crippen LogP contribution >= 0.6 is 22.9 Å². The van der Waals surface area contributed by atoms with Crippen molar-refractivity contribution in [3.8, 4) is 11.3 Å². The molecule has 9 heteroatoms. The van der Waals surface area contributed by atoms with Gasteiger partial charge in [0, 0.05) is 28.6 Å². The van der Waals surface area contributed by atoms with Crippen molar-refractivity contribution in [2.75, 3.05) is 31.5 Å². The van der Waals surface area contributed by atoms with Crippen molar-refractivity contribution in [1.29, 1.82) is 0 Å². The van der Waals surface area contributed by atoms with Crippen LogP contribution in [0.2, 0.25) is 5.02 Å². The maximum atomic E-state index is 9.10. The van der Waals surface area contributed by atoms with Gasteiger partial charge in [0.1, 0.15) is 0 Å². The Labute approximate surface area is 167 Å². The molecule has 2 aromatic rings. The zero-order valence-corrected chi connectivity index (χ0v) is 17.1. The summed E-state index contributed by atoms with van der Waals surface area (Å²) in [6, 6.07) is 7.85. The fraction of sp³-hybridized carbons (Fsp3) is 0.389. The number of carboxylic acid groups (broad SMARTS) is 2. The summed E-state index contributed by atoms with van der Waals surface area (Å²) in [7, 11) is 0. The monoisotopic (exact) mass is 413 g/mol. The zero-order valence-electron chi connectivity index (χ0n) is 15.5. The van der Waals surface area contributed by atoms with E-state index in [1.807, 2.05) is 24.3 Å². The van der Waals surface area contributed by atoms with Crippen molar-refractivity contribution in [3.05, 3.63) is 34.2 Å². The predicted molar refractivity (Wildman–Crippen MR) is 109 cm³/mol. The number of hydrogen-bond acceptors (Lipinski definition) is 6. The molecule has 0 atom stereocenters. The third kappa shape index (κ3) is 7.94. The summed E-state index contributed by atoms with van der Waals surface area (Å²) in [5.41, 5.74) is 2.16. The Morgan fingerprint density at radius 3 is 2.19 bits per heavy atom. The van der Waals surface area contributed by atoms with E-state index < -0.39 is 11.9 Å². The van der Waals surface area contributed by atoms with E-state index in [0.717, 1.165) is 47.6 Å². The molecule has 1 aromatic carbocycles. The van der Waals surface area contributed by atoms with E-state index in [4.69, 9.17) is 36.4 Å². The molecule has 1 heterocycles. The van der Waals surface area contributed by atoms with Gasteiger partial charge in [-0.05, 0) is 32.1 Å². The first-order chi connectivity index (χ1) is 12.8. The fourth-order valence-corrected chi connectivity index (χ4v) is 3.20. The lowest BCUT2D eigenvalue weighted by Crippen LogP contribution is -2.28. The summed E-state index contributed by atoms with van der Waals surface area (Å²) >= 11 is 7.64. The topological polar surface area (TPSA) is 103 Å². The van der Waals surface area contributed by atoms with Crippen LogP contribution < -0.4 is 5.32 Å². The van der Waals surface area contributed by atoms with Crippen LogP contribution in [0.5, 0.6) is 0 Å². The van der Waals surface area contributed by atoms with Crippen molar-refractivity contribution in [2.24, 2.45) is 0 Å². The minimum atomic E-state index is -1.82. The Kier molecular flexibility index (Phi) is 9.77. The summed E-state index contributed by atoms with van der Waals surface area (Å²) in [4.78, 5) is 26.5. The standard InChI is InChI=1S/C16H22ClN3S.C2H2O4/c1-4-20(5-2)11-10-18-16-19-15(12(3)21-16)13-6-8-14(17)9-7-13;3-1(4)2(5)6/h6-9H,4-5,10-11H2,1-3H3,(H,18,19);(H,3,4)(H,5,6). The molecule has 148 valence electrons. The summed E-state index contributed by atoms with van der Waals surface area (Å²) < 4.78 is 0. The number of nitrogens with one attached hydrogen (secondary N) is 1. The number of halogens is 1. The first kappa shape index (κ1) is 22.9. The Morgan fingerprint density at radius 1 is 1.15 bits per heavy atom. The third-order valence-electron chi connectivity index (χ3n) is 3.70. The largest absolute Gasteiger partial charge is 0.473 e. The number of carboxylic acids is 2. The number of aliphatic carboxylic acids is 2. The van der Waals surface area contributed by atoms with Gasteiger partial charge >= 0.3 is 11.9 Å². The zero-order chi connectivity index (χ0) is 20.4. The summed E-state index contributed by atoms with van der Waals surface area (Å²) in [6.07, 6.45) is 0. The van der Waals surface area contributed by atoms with Crippen LogP contribution in [0.4, 0.5) is 5.13 Å². The van der Waals surface area contributed by atoms with Crippen LogP contribution in [-0.2, 0) is 9.59 Å². The van der Waals surface area contributed by atoms with E-state index >= 15 is 0 Å². The Balaban J connectivity index is 0.000000527. The molecule has 0 aliphatic rings. The Bertz CT molecular complexity index is 734. The number of rotatable bonds is 7. The summed E-state index contributed by atoms with van der Waals surface area (Å²) in [6.45, 7) is 10.6. The molecule has 0 aliphatic heterocycles. The van der Waals surface area contributed by atoms with Crippen molar-refractivity contribution in [2.45, 2.75) is 20.8 Å². The molecular formula is C18H24ClN3O4S. The van der Waals surface area contributed by atoms with Gasteiger partial charge in [0.2, 0.25) is 0 Å². The molecule has 0 spiro atoms. The lowest BCUT2D eigenvalue weighted by atomic mass is 10.1. The molecule has 27 heavy (non-hydrogen) atoms. The Morgan fingerprint density at radius 2 is 1.70 bits per heavy atom. The van der Waals surface area contributed by atoms with Crippen LogP contribution in [0.3, 0.4) is 0 Å². The van der Waals surface area contributed by atoms with Crippen LogP contribution in [-0.4, -0.2) is 58.2 Å². The van der Waals surface area contributed by atoms with Crippen molar-refractivity contribution < 1.29 is 19.8 Å². The molecule has 0 radical (unpaired) electrons. The molecular weight excluding hydrogens is 390 g/mol. The minimum Gasteiger partial charge on any atom is -0.473 e. The van der Waals surface area contributed by atoms with Crippen molar-refractivity contribution >= 4 is 40.0 Å². The van der Waals surface area contributed by atoms with Gasteiger partial charge in [-0.1, -0.05) is 37.6 Å². The van der Waals surface area contributed by atoms with E-state index in [1.165, 1.54) is 4.88 Å². The minimum absolute atomic E-state index is 0.754. The van der Waals surface area contributed by atoms with Gasteiger partial charge in [0.25, 0.3) is 0 Å². The number of likely N-dealkylation sites (N-methyl/N-ethyl adjacent to an activating group) is 1. The summed E-state index contributed by atoms with van der Waals surface area (Å²) in [5.74, 6) is -3.65. The van der Waals surface area contributed by atoms with Crippen LogP contribution in [0.1, 0.15) is 18.7 Å². The molecule has 3 N–H and O–H groups in total. The lowest BCUT2D eigenvalue weighted by Gasteiger charge is -2.17. The first-order valence-electron chi connectivity index (χ1n) is 8.44. The number of aromatic nitrogens is 1. The maximum absolute atomic E-state index is 9.10. The van der Waals surface area contributed by atoms with Gasteiger partial charge < -0.3 is 20.4 Å². The number of carbonyl (C=O) groups is 2. The maximum Gasteiger partial charge on any atom is 0.414 e. The van der Waals surface area contributed by atoms with E-state index in [-0.39, 0.29) is 0 Å². The molecule has 0 fully saturated rings. The number of hydrogen-bond donors (Lipinski definition) is 3. The number of anilines is 1. The molecule has 0 saturated heterocycles. The van der Waals surface area contributed by atoms with Gasteiger partial charge in [-0.2, -0.15) is 0 Å². The van der Waals surface area contributed by atoms with Gasteiger partial charge in [-0.15, -0.1) is 11.3 Å². The fourth-order valence-electron chi connectivity index (χ4n) is 2.21. The summed E-state index contributed by atoms with van der Waals surface area (Å²) in [5, 5.41) is 20.0. The smallest absolute Gasteiger partial charge is 0.414 e. The third-order valence-corrected chi connectivity index (χ3v) is 4.88. The first-order valence-corrected chi connectivity index (χ1v) is 9.63. The van der Waals surface area contributed by atoms with Gasteiger partial charge in [0.15, 0.2) is 5.13 Å². The molecule has 0 saturated carbocycles. The van der Waals surface area contributed by atoms with E-state index in [0.29, 0.717) is 0 Å². The lowest BCUT2D eigenvalue weighted by molar-refractivity contribution is -0.159. The number of nitrogens with zero attached hydrogens (tertiary/aromatic N) is 2. The highest BCUT2D eigenvalue weighted by atomic mass is 35.5. The van der Waals surface area contributed by atoms with Crippen molar-refractivity contribution in [3.63, 3.8) is 0 Å². The van der Waals surface area contributed by atoms with E-state index in [9.17, 15) is 0 Å². The SMILES string of the molecule is CCN(CC)CCNc1nc(-c2ccc(Cl)cc2)c(C)s1.O=C(O)C(=O)O. The molecule has 0 amide bonds. The van der Waals surface area contributed by atoms with Crippen LogP contribution in [0.25, 0.3) is 11.3 Å². The average Bonchev–Trinajstić information content (AvgIpc) is 3.00. The van der Waals surface area contributed by atoms with Crippen LogP contribution in [0.15, 0.2) is 24.3 Å². The highest BCUT2D eigenvalue weighted by Gasteiger charge is 2.10. The molecule has 0 aliphatic carbocycles. The second-order valence-electron chi connectivity index (χ2n) is 5.49. The highest BCUT2D eigenvalue weighted by Crippen LogP contribution is 2.30. The number of aryl methyl sites for hydroxylation is 1. The second-order valence-corrected chi connectivity index (χ2v) is 7.13. The average molecular weight is 414 g/mol. The molecule has 7 nitrogen and oxygen atoms in total. The van der Waals surface area contributed by atoms with Gasteiger partial charge in [-0.25, -0.2) is 14.6 Å². The predicted octanol–water partition coefficient (Wildman–Crippen LogP) is 3.68. The van der Waals surface area contributed by atoms with Crippen molar-refractivity contribution in [1.82, 2.24) is 9.88 Å². The van der Waals surface area contributed by atoms with E-state index in [2.05, 4.69) is 31.0 Å². The number of benzene rings is 1. The highest BCUT2D eigenvalue weighted by molar-refractivity contribution is 7.16.